The van der Waals surface area contributed by atoms with Crippen LogP contribution in [0.1, 0.15) is 129 Å². The molecular weight excluding hydrogens is 444 g/mol. The molecule has 1 aromatic rings. The van der Waals surface area contributed by atoms with E-state index in [0.29, 0.717) is 0 Å². The van der Waals surface area contributed by atoms with E-state index in [2.05, 4.69) is 17.5 Å². The SMILES string of the molecule is CCCCCCCCCCCCCCCCCC/C(CC)=N\Nc1ccc([N+](=O)[O-])cc1[N+](=O)[O-]. The number of nitro benzene ring substituents is 2. The lowest BCUT2D eigenvalue weighted by Crippen LogP contribution is -2.03. The Balaban J connectivity index is 2.13. The van der Waals surface area contributed by atoms with Crippen LogP contribution in [0.5, 0.6) is 0 Å². The van der Waals surface area contributed by atoms with Gasteiger partial charge in [0.25, 0.3) is 5.69 Å². The first-order chi connectivity index (χ1) is 17.0. The Morgan fingerprint density at radius 3 is 1.66 bits per heavy atom. The highest BCUT2D eigenvalue weighted by atomic mass is 16.6. The maximum atomic E-state index is 11.2. The van der Waals surface area contributed by atoms with Crippen LogP contribution >= 0.6 is 0 Å². The Labute approximate surface area is 211 Å². The van der Waals surface area contributed by atoms with Gasteiger partial charge in [0.2, 0.25) is 0 Å². The van der Waals surface area contributed by atoms with Crippen LogP contribution in [0.4, 0.5) is 17.1 Å². The van der Waals surface area contributed by atoms with E-state index >= 15 is 0 Å². The quantitative estimate of drug-likeness (QED) is 0.0753. The first-order valence-electron chi connectivity index (χ1n) is 13.7. The summed E-state index contributed by atoms with van der Waals surface area (Å²) in [4.78, 5) is 20.8. The molecule has 8 nitrogen and oxygen atoms in total. The van der Waals surface area contributed by atoms with Gasteiger partial charge in [0.15, 0.2) is 0 Å². The molecule has 1 aromatic carbocycles. The van der Waals surface area contributed by atoms with Crippen LogP contribution in [-0.4, -0.2) is 15.6 Å². The summed E-state index contributed by atoms with van der Waals surface area (Å²) in [6, 6.07) is 3.53. The molecule has 0 heterocycles. The maximum absolute atomic E-state index is 11.2. The molecule has 8 heteroatoms. The number of nitrogens with one attached hydrogen (secondary N) is 1. The van der Waals surface area contributed by atoms with Gasteiger partial charge in [-0.05, 0) is 25.3 Å². The number of rotatable bonds is 22. The average Bonchev–Trinajstić information content (AvgIpc) is 2.85. The van der Waals surface area contributed by atoms with Crippen molar-refractivity contribution < 1.29 is 9.85 Å². The van der Waals surface area contributed by atoms with Crippen molar-refractivity contribution in [3.05, 3.63) is 38.4 Å². The van der Waals surface area contributed by atoms with E-state index in [9.17, 15) is 20.2 Å². The third kappa shape index (κ3) is 14.5. The van der Waals surface area contributed by atoms with Crippen LogP contribution in [0.2, 0.25) is 0 Å². The standard InChI is InChI=1S/C27H46N4O4/c1-3-5-6-7-8-9-10-11-12-13-14-15-16-17-18-19-20-24(4-2)28-29-26-22-21-25(30(32)33)23-27(26)31(34)35/h21-23,29H,3-20H2,1-2H3/b28-24-. The van der Waals surface area contributed by atoms with Gasteiger partial charge in [-0.3, -0.25) is 25.7 Å². The zero-order valence-corrected chi connectivity index (χ0v) is 21.9. The zero-order valence-electron chi connectivity index (χ0n) is 21.9. The number of anilines is 1. The van der Waals surface area contributed by atoms with Crippen molar-refractivity contribution in [3.63, 3.8) is 0 Å². The molecule has 0 spiro atoms. The fraction of sp³-hybridized carbons (Fsp3) is 0.741. The van der Waals surface area contributed by atoms with Gasteiger partial charge in [-0.25, -0.2) is 0 Å². The van der Waals surface area contributed by atoms with Crippen molar-refractivity contribution in [2.45, 2.75) is 129 Å². The first-order valence-corrected chi connectivity index (χ1v) is 13.7. The summed E-state index contributed by atoms with van der Waals surface area (Å²) < 4.78 is 0. The second-order valence-corrected chi connectivity index (χ2v) is 9.41. The summed E-state index contributed by atoms with van der Waals surface area (Å²) in [6.07, 6.45) is 22.9. The summed E-state index contributed by atoms with van der Waals surface area (Å²) in [5, 5.41) is 26.4. The van der Waals surface area contributed by atoms with E-state index in [4.69, 9.17) is 0 Å². The van der Waals surface area contributed by atoms with Gasteiger partial charge in [-0.2, -0.15) is 5.10 Å². The number of hydrazone groups is 1. The number of unbranched alkanes of at least 4 members (excludes halogenated alkanes) is 15. The Hall–Kier alpha value is -2.51. The normalized spacial score (nSPS) is 11.5. The first kappa shape index (κ1) is 30.5. The van der Waals surface area contributed by atoms with Gasteiger partial charge in [0.1, 0.15) is 5.69 Å². The van der Waals surface area contributed by atoms with E-state index in [1.165, 1.54) is 102 Å². The zero-order chi connectivity index (χ0) is 25.7. The van der Waals surface area contributed by atoms with Crippen LogP contribution in [0.15, 0.2) is 23.3 Å². The van der Waals surface area contributed by atoms with Crippen LogP contribution in [0.3, 0.4) is 0 Å². The fourth-order valence-corrected chi connectivity index (χ4v) is 4.21. The average molecular weight is 491 g/mol. The summed E-state index contributed by atoms with van der Waals surface area (Å²) in [7, 11) is 0. The molecule has 0 saturated carbocycles. The molecule has 0 saturated heterocycles. The predicted octanol–water partition coefficient (Wildman–Crippen LogP) is 9.33. The minimum Gasteiger partial charge on any atom is -0.272 e. The van der Waals surface area contributed by atoms with E-state index in [0.717, 1.165) is 37.5 Å². The number of benzene rings is 1. The molecule has 198 valence electrons. The lowest BCUT2D eigenvalue weighted by atomic mass is 10.0. The van der Waals surface area contributed by atoms with Crippen LogP contribution in [-0.2, 0) is 0 Å². The number of nitrogens with zero attached hydrogens (tertiary/aromatic N) is 3. The molecule has 35 heavy (non-hydrogen) atoms. The number of hydrogen-bond acceptors (Lipinski definition) is 6. The molecular formula is C27H46N4O4. The smallest absolute Gasteiger partial charge is 0.272 e. The molecule has 1 rings (SSSR count). The molecule has 0 aliphatic heterocycles. The molecule has 0 radical (unpaired) electrons. The molecule has 0 atom stereocenters. The highest BCUT2D eigenvalue weighted by Gasteiger charge is 2.19. The van der Waals surface area contributed by atoms with Gasteiger partial charge in [-0.15, -0.1) is 0 Å². The van der Waals surface area contributed by atoms with Crippen molar-refractivity contribution in [2.75, 3.05) is 5.43 Å². The Kier molecular flexibility index (Phi) is 17.2. The molecule has 0 aliphatic carbocycles. The van der Waals surface area contributed by atoms with Crippen molar-refractivity contribution >= 4 is 22.8 Å². The Bertz CT molecular complexity index is 768. The molecule has 0 unspecified atom stereocenters. The molecule has 0 aliphatic rings. The molecule has 0 bridgehead atoms. The third-order valence-corrected chi connectivity index (χ3v) is 6.45. The molecule has 0 aromatic heterocycles. The van der Waals surface area contributed by atoms with Crippen LogP contribution in [0, 0.1) is 20.2 Å². The number of hydrogen-bond donors (Lipinski definition) is 1. The lowest BCUT2D eigenvalue weighted by Gasteiger charge is -2.07. The highest BCUT2D eigenvalue weighted by Crippen LogP contribution is 2.29. The van der Waals surface area contributed by atoms with E-state index in [-0.39, 0.29) is 17.1 Å². The largest absolute Gasteiger partial charge is 0.301 e. The number of nitro groups is 2. The minimum absolute atomic E-state index is 0.165. The van der Waals surface area contributed by atoms with Crippen molar-refractivity contribution in [3.8, 4) is 0 Å². The maximum Gasteiger partial charge on any atom is 0.301 e. The molecule has 1 N–H and O–H groups in total. The van der Waals surface area contributed by atoms with E-state index in [1.807, 2.05) is 6.92 Å². The minimum atomic E-state index is -0.644. The van der Waals surface area contributed by atoms with Gasteiger partial charge in [-0.1, -0.05) is 110 Å². The third-order valence-electron chi connectivity index (χ3n) is 6.45. The van der Waals surface area contributed by atoms with Gasteiger partial charge in [0, 0.05) is 11.8 Å². The fourth-order valence-electron chi connectivity index (χ4n) is 4.21. The van der Waals surface area contributed by atoms with E-state index in [1.54, 1.807) is 0 Å². The van der Waals surface area contributed by atoms with Gasteiger partial charge >= 0.3 is 5.69 Å². The van der Waals surface area contributed by atoms with Crippen molar-refractivity contribution in [1.29, 1.82) is 0 Å². The lowest BCUT2D eigenvalue weighted by molar-refractivity contribution is -0.393. The van der Waals surface area contributed by atoms with Crippen LogP contribution in [0.25, 0.3) is 0 Å². The van der Waals surface area contributed by atoms with Gasteiger partial charge < -0.3 is 0 Å². The second kappa shape index (κ2) is 19.8. The van der Waals surface area contributed by atoms with Crippen LogP contribution < -0.4 is 5.43 Å². The molecule has 0 amide bonds. The topological polar surface area (TPSA) is 111 Å². The monoisotopic (exact) mass is 490 g/mol. The molecule has 0 fully saturated rings. The van der Waals surface area contributed by atoms with Crippen molar-refractivity contribution in [1.82, 2.24) is 0 Å². The predicted molar refractivity (Wildman–Crippen MR) is 145 cm³/mol. The number of non-ortho nitro benzene ring substituents is 1. The van der Waals surface area contributed by atoms with Gasteiger partial charge in [0.05, 0.1) is 15.9 Å². The Morgan fingerprint density at radius 2 is 1.23 bits per heavy atom. The summed E-state index contributed by atoms with van der Waals surface area (Å²) in [6.45, 7) is 4.28. The highest BCUT2D eigenvalue weighted by molar-refractivity contribution is 5.85. The Morgan fingerprint density at radius 1 is 0.743 bits per heavy atom. The summed E-state index contributed by atoms with van der Waals surface area (Å²) in [5.41, 5.74) is 3.20. The van der Waals surface area contributed by atoms with E-state index < -0.39 is 9.85 Å². The summed E-state index contributed by atoms with van der Waals surface area (Å²) >= 11 is 0. The van der Waals surface area contributed by atoms with Crippen molar-refractivity contribution in [2.24, 2.45) is 5.10 Å². The summed E-state index contributed by atoms with van der Waals surface area (Å²) in [5.74, 6) is 0. The second-order valence-electron chi connectivity index (χ2n) is 9.41.